The van der Waals surface area contributed by atoms with Crippen LogP contribution in [0.3, 0.4) is 0 Å². The molecule has 0 aromatic rings. The first-order valence-corrected chi connectivity index (χ1v) is 4.12. The van der Waals surface area contributed by atoms with Crippen LogP contribution in [0.15, 0.2) is 0 Å². The van der Waals surface area contributed by atoms with E-state index in [0.717, 1.165) is 31.8 Å². The summed E-state index contributed by atoms with van der Waals surface area (Å²) in [4.78, 5) is 2.30. The minimum Gasteiger partial charge on any atom is -0.295 e. The molecule has 58 valence electrons. The van der Waals surface area contributed by atoms with Gasteiger partial charge in [0.1, 0.15) is 6.67 Å². The van der Waals surface area contributed by atoms with Crippen LogP contribution in [0.4, 0.5) is 4.39 Å². The van der Waals surface area contributed by atoms with Gasteiger partial charge in [0.25, 0.3) is 0 Å². The lowest BCUT2D eigenvalue weighted by molar-refractivity contribution is 0.0795. The molecular weight excluding hydrogens is 129 g/mol. The Morgan fingerprint density at radius 3 is 2.70 bits per heavy atom. The molecule has 0 radical (unpaired) electrons. The first-order valence-electron chi connectivity index (χ1n) is 4.12. The van der Waals surface area contributed by atoms with Gasteiger partial charge >= 0.3 is 0 Å². The molecule has 0 amide bonds. The molecule has 0 spiro atoms. The van der Waals surface area contributed by atoms with Crippen LogP contribution in [0.1, 0.15) is 19.8 Å². The third kappa shape index (κ3) is 0.605. The molecule has 0 unspecified atom stereocenters. The molecule has 2 bridgehead atoms. The normalized spacial score (nSPS) is 45.6. The van der Waals surface area contributed by atoms with E-state index in [-0.39, 0.29) is 12.2 Å². The number of hydrogen-bond donors (Lipinski definition) is 0. The largest absolute Gasteiger partial charge is 0.295 e. The summed E-state index contributed by atoms with van der Waals surface area (Å²) >= 11 is 0. The zero-order chi connectivity index (χ0) is 7.19. The topological polar surface area (TPSA) is 3.24 Å². The van der Waals surface area contributed by atoms with Crippen molar-refractivity contribution in [2.24, 2.45) is 5.92 Å². The number of hydrogen-bond acceptors (Lipinski definition) is 1. The van der Waals surface area contributed by atoms with E-state index in [1.54, 1.807) is 0 Å². The Balaban J connectivity index is 2.10. The molecule has 0 N–H and O–H groups in total. The summed E-state index contributed by atoms with van der Waals surface area (Å²) in [5, 5.41) is 0. The Morgan fingerprint density at radius 1 is 1.60 bits per heavy atom. The quantitative estimate of drug-likeness (QED) is 0.565. The van der Waals surface area contributed by atoms with Crippen molar-refractivity contribution in [2.45, 2.75) is 25.3 Å². The summed E-state index contributed by atoms with van der Waals surface area (Å²) in [6, 6.07) is 0. The molecule has 1 nitrogen and oxygen atoms in total. The van der Waals surface area contributed by atoms with Crippen molar-refractivity contribution in [3.8, 4) is 0 Å². The molecule has 1 saturated carbocycles. The molecule has 0 aromatic carbocycles. The van der Waals surface area contributed by atoms with Crippen LogP contribution in [-0.4, -0.2) is 30.2 Å². The van der Waals surface area contributed by atoms with Crippen LogP contribution in [0.2, 0.25) is 0 Å². The van der Waals surface area contributed by atoms with E-state index >= 15 is 0 Å². The average molecular weight is 143 g/mol. The monoisotopic (exact) mass is 143 g/mol. The van der Waals surface area contributed by atoms with Crippen LogP contribution < -0.4 is 0 Å². The highest BCUT2D eigenvalue weighted by atomic mass is 19.1. The number of alkyl halides is 1. The fourth-order valence-corrected chi connectivity index (χ4v) is 2.57. The summed E-state index contributed by atoms with van der Waals surface area (Å²) in [5.41, 5.74) is 0.0133. The molecule has 3 rings (SSSR count). The van der Waals surface area contributed by atoms with Gasteiger partial charge in [-0.25, -0.2) is 4.39 Å². The molecule has 10 heavy (non-hydrogen) atoms. The predicted molar refractivity (Wildman–Crippen MR) is 38.7 cm³/mol. The van der Waals surface area contributed by atoms with Gasteiger partial charge in [-0.3, -0.25) is 4.90 Å². The molecule has 2 heteroatoms. The lowest BCUT2D eigenvalue weighted by atomic mass is 9.74. The third-order valence-corrected chi connectivity index (χ3v) is 3.12. The molecule has 2 aliphatic heterocycles. The molecule has 2 saturated heterocycles. The van der Waals surface area contributed by atoms with E-state index in [0.29, 0.717) is 0 Å². The summed E-state index contributed by atoms with van der Waals surface area (Å²) in [5.74, 6) is 0.829. The van der Waals surface area contributed by atoms with E-state index in [9.17, 15) is 4.39 Å². The van der Waals surface area contributed by atoms with Gasteiger partial charge in [-0.15, -0.1) is 0 Å². The molecule has 1 aliphatic carbocycles. The van der Waals surface area contributed by atoms with Gasteiger partial charge in [-0.05, 0) is 25.3 Å². The second-order valence-corrected chi connectivity index (χ2v) is 3.67. The van der Waals surface area contributed by atoms with E-state index in [4.69, 9.17) is 0 Å². The molecule has 0 aromatic heterocycles. The Morgan fingerprint density at radius 2 is 2.30 bits per heavy atom. The lowest BCUT2D eigenvalue weighted by Crippen LogP contribution is -2.47. The zero-order valence-electron chi connectivity index (χ0n) is 6.44. The number of rotatable bonds is 2. The molecule has 3 aliphatic rings. The average Bonchev–Trinajstić information content (AvgIpc) is 2.37. The minimum absolute atomic E-state index is 0.0133. The first-order chi connectivity index (χ1) is 4.80. The zero-order valence-corrected chi connectivity index (χ0v) is 6.44. The van der Waals surface area contributed by atoms with Crippen molar-refractivity contribution in [3.63, 3.8) is 0 Å². The maximum absolute atomic E-state index is 12.5. The molecule has 3 fully saturated rings. The van der Waals surface area contributed by atoms with Gasteiger partial charge in [0, 0.05) is 12.1 Å². The number of fused-ring (bicyclic) bond motifs is 1. The van der Waals surface area contributed by atoms with Crippen molar-refractivity contribution in [1.29, 1.82) is 0 Å². The second-order valence-electron chi connectivity index (χ2n) is 3.67. The summed E-state index contributed by atoms with van der Waals surface area (Å²) in [6.07, 6.45) is 2.24. The van der Waals surface area contributed by atoms with Gasteiger partial charge in [0.15, 0.2) is 0 Å². The number of halogens is 1. The number of nitrogens with zero attached hydrogens (tertiary/aromatic N) is 1. The van der Waals surface area contributed by atoms with E-state index < -0.39 is 0 Å². The molecule has 0 atom stereocenters. The van der Waals surface area contributed by atoms with Crippen molar-refractivity contribution in [1.82, 2.24) is 4.90 Å². The molecule has 2 heterocycles. The maximum Gasteiger partial charge on any atom is 0.108 e. The van der Waals surface area contributed by atoms with Crippen molar-refractivity contribution >= 4 is 0 Å². The van der Waals surface area contributed by atoms with Gasteiger partial charge in [-0.1, -0.05) is 6.92 Å². The second kappa shape index (κ2) is 1.94. The Bertz CT molecular complexity index is 137. The molecular formula is C8H14FN. The third-order valence-electron chi connectivity index (χ3n) is 3.12. The summed E-state index contributed by atoms with van der Waals surface area (Å²) in [7, 11) is 0. The highest BCUT2D eigenvalue weighted by molar-refractivity contribution is 5.09. The SMILES string of the molecule is CCN1CC2CC1(CF)C2. The van der Waals surface area contributed by atoms with Gasteiger partial charge in [-0.2, -0.15) is 0 Å². The lowest BCUT2D eigenvalue weighted by Gasteiger charge is -2.39. The summed E-state index contributed by atoms with van der Waals surface area (Å²) < 4.78 is 12.5. The maximum atomic E-state index is 12.5. The van der Waals surface area contributed by atoms with Crippen molar-refractivity contribution in [2.75, 3.05) is 19.8 Å². The van der Waals surface area contributed by atoms with Crippen molar-refractivity contribution < 1.29 is 4.39 Å². The van der Waals surface area contributed by atoms with Crippen LogP contribution in [0.25, 0.3) is 0 Å². The first kappa shape index (κ1) is 6.59. The van der Waals surface area contributed by atoms with Crippen molar-refractivity contribution in [3.05, 3.63) is 0 Å². The van der Waals surface area contributed by atoms with Crippen LogP contribution in [0.5, 0.6) is 0 Å². The van der Waals surface area contributed by atoms with Gasteiger partial charge in [0.2, 0.25) is 0 Å². The van der Waals surface area contributed by atoms with Crippen LogP contribution >= 0.6 is 0 Å². The smallest absolute Gasteiger partial charge is 0.108 e. The highest BCUT2D eigenvalue weighted by Gasteiger charge is 2.55. The Labute approximate surface area is 61.2 Å². The standard InChI is InChI=1S/C8H14FN/c1-2-10-5-7-3-8(10,4-7)6-9/h7H,2-6H2,1H3. The van der Waals surface area contributed by atoms with E-state index in [1.165, 1.54) is 0 Å². The fraction of sp³-hybridized carbons (Fsp3) is 1.00. The minimum atomic E-state index is -0.128. The van der Waals surface area contributed by atoms with E-state index in [1.807, 2.05) is 0 Å². The van der Waals surface area contributed by atoms with Gasteiger partial charge < -0.3 is 0 Å². The Kier molecular flexibility index (Phi) is 1.28. The highest BCUT2D eigenvalue weighted by Crippen LogP contribution is 2.50. The predicted octanol–water partition coefficient (Wildman–Crippen LogP) is 1.44. The van der Waals surface area contributed by atoms with E-state index in [2.05, 4.69) is 11.8 Å². The fourth-order valence-electron chi connectivity index (χ4n) is 2.57. The van der Waals surface area contributed by atoms with Crippen LogP contribution in [0, 0.1) is 5.92 Å². The summed E-state index contributed by atoms with van der Waals surface area (Å²) in [6.45, 7) is 4.18. The Hall–Kier alpha value is -0.110. The van der Waals surface area contributed by atoms with Gasteiger partial charge in [0.05, 0.1) is 0 Å². The van der Waals surface area contributed by atoms with Crippen LogP contribution in [-0.2, 0) is 0 Å².